The summed E-state index contributed by atoms with van der Waals surface area (Å²) in [5.74, 6) is -0.509. The van der Waals surface area contributed by atoms with Gasteiger partial charge in [-0.2, -0.15) is 0 Å². The molecule has 0 bridgehead atoms. The lowest BCUT2D eigenvalue weighted by Crippen LogP contribution is -2.36. The summed E-state index contributed by atoms with van der Waals surface area (Å²) in [6.07, 6.45) is 0.132. The van der Waals surface area contributed by atoms with Gasteiger partial charge in [0.15, 0.2) is 0 Å². The number of nitrogens with zero attached hydrogens (tertiary/aromatic N) is 1. The molecule has 0 radical (unpaired) electrons. The minimum absolute atomic E-state index is 0.132. The Morgan fingerprint density at radius 2 is 2.00 bits per heavy atom. The van der Waals surface area contributed by atoms with Crippen molar-refractivity contribution in [3.8, 4) is 0 Å². The van der Waals surface area contributed by atoms with E-state index < -0.39 is 0 Å². The molecule has 0 aliphatic carbocycles. The average molecular weight is 393 g/mol. The summed E-state index contributed by atoms with van der Waals surface area (Å²) in [5, 5.41) is 2.94. The van der Waals surface area contributed by atoms with Crippen LogP contribution in [0.2, 0.25) is 0 Å². The predicted octanol–water partition coefficient (Wildman–Crippen LogP) is 3.61. The second-order valence-electron chi connectivity index (χ2n) is 5.62. The Balaban J connectivity index is 1.75. The number of anilines is 2. The highest BCUT2D eigenvalue weighted by Gasteiger charge is 2.16. The van der Waals surface area contributed by atoms with Crippen molar-refractivity contribution in [2.45, 2.75) is 6.42 Å². The second kappa shape index (κ2) is 7.77. The molecule has 1 N–H and O–H groups in total. The molecule has 1 heterocycles. The number of carbonyl (C=O) groups is 1. The standard InChI is InChI=1S/C18H18BrFN2O2/c19-14-4-5-17(22-6-8-24-9-7-22)16(12-14)21-18(23)11-13-2-1-3-15(20)10-13/h1-5,10,12H,6-9,11H2,(H,21,23). The first-order valence-electron chi connectivity index (χ1n) is 7.78. The lowest BCUT2D eigenvalue weighted by Gasteiger charge is -2.30. The number of hydrogen-bond acceptors (Lipinski definition) is 3. The molecule has 0 spiro atoms. The Morgan fingerprint density at radius 3 is 2.75 bits per heavy atom. The smallest absolute Gasteiger partial charge is 0.228 e. The highest BCUT2D eigenvalue weighted by atomic mass is 79.9. The van der Waals surface area contributed by atoms with Gasteiger partial charge in [-0.25, -0.2) is 4.39 Å². The molecule has 6 heteroatoms. The molecule has 0 saturated carbocycles. The van der Waals surface area contributed by atoms with E-state index in [0.717, 1.165) is 28.9 Å². The SMILES string of the molecule is O=C(Cc1cccc(F)c1)Nc1cc(Br)ccc1N1CCOCC1. The number of halogens is 2. The van der Waals surface area contributed by atoms with Crippen LogP contribution in [-0.4, -0.2) is 32.2 Å². The summed E-state index contributed by atoms with van der Waals surface area (Å²) in [6, 6.07) is 11.9. The van der Waals surface area contributed by atoms with Crippen LogP contribution in [0.5, 0.6) is 0 Å². The van der Waals surface area contributed by atoms with Gasteiger partial charge in [-0.15, -0.1) is 0 Å². The minimum atomic E-state index is -0.336. The summed E-state index contributed by atoms with van der Waals surface area (Å²) in [6.45, 7) is 2.92. The van der Waals surface area contributed by atoms with Crippen molar-refractivity contribution in [1.29, 1.82) is 0 Å². The number of morpholine rings is 1. The molecule has 1 saturated heterocycles. The van der Waals surface area contributed by atoms with E-state index >= 15 is 0 Å². The van der Waals surface area contributed by atoms with Gasteiger partial charge < -0.3 is 15.0 Å². The van der Waals surface area contributed by atoms with Gasteiger partial charge in [0, 0.05) is 17.6 Å². The van der Waals surface area contributed by atoms with E-state index in [1.165, 1.54) is 12.1 Å². The third-order valence-electron chi connectivity index (χ3n) is 3.84. The number of benzene rings is 2. The Bertz CT molecular complexity index is 733. The van der Waals surface area contributed by atoms with Crippen molar-refractivity contribution in [2.75, 3.05) is 36.5 Å². The highest BCUT2D eigenvalue weighted by Crippen LogP contribution is 2.30. The van der Waals surface area contributed by atoms with E-state index in [4.69, 9.17) is 4.74 Å². The number of nitrogens with one attached hydrogen (secondary N) is 1. The van der Waals surface area contributed by atoms with Crippen LogP contribution in [0.25, 0.3) is 0 Å². The number of ether oxygens (including phenoxy) is 1. The van der Waals surface area contributed by atoms with Crippen molar-refractivity contribution in [3.63, 3.8) is 0 Å². The third kappa shape index (κ3) is 4.33. The van der Waals surface area contributed by atoms with Crippen LogP contribution < -0.4 is 10.2 Å². The van der Waals surface area contributed by atoms with Crippen LogP contribution in [0.1, 0.15) is 5.56 Å². The fraction of sp³-hybridized carbons (Fsp3) is 0.278. The van der Waals surface area contributed by atoms with Gasteiger partial charge in [0.1, 0.15) is 5.82 Å². The van der Waals surface area contributed by atoms with Crippen LogP contribution in [-0.2, 0) is 16.0 Å². The van der Waals surface area contributed by atoms with E-state index in [-0.39, 0.29) is 18.1 Å². The Morgan fingerprint density at radius 1 is 1.21 bits per heavy atom. The fourth-order valence-electron chi connectivity index (χ4n) is 2.72. The van der Waals surface area contributed by atoms with Crippen LogP contribution in [0.3, 0.4) is 0 Å². The number of rotatable bonds is 4. The summed E-state index contributed by atoms with van der Waals surface area (Å²) in [7, 11) is 0. The van der Waals surface area contributed by atoms with E-state index in [1.807, 2.05) is 18.2 Å². The van der Waals surface area contributed by atoms with E-state index in [0.29, 0.717) is 18.8 Å². The quantitative estimate of drug-likeness (QED) is 0.863. The van der Waals surface area contributed by atoms with E-state index in [2.05, 4.69) is 26.1 Å². The average Bonchev–Trinajstić information content (AvgIpc) is 2.55. The maximum absolute atomic E-state index is 13.2. The monoisotopic (exact) mass is 392 g/mol. The topological polar surface area (TPSA) is 41.6 Å². The molecular weight excluding hydrogens is 375 g/mol. The first-order valence-corrected chi connectivity index (χ1v) is 8.58. The number of amides is 1. The maximum atomic E-state index is 13.2. The lowest BCUT2D eigenvalue weighted by atomic mass is 10.1. The van der Waals surface area contributed by atoms with Crippen molar-refractivity contribution in [2.24, 2.45) is 0 Å². The minimum Gasteiger partial charge on any atom is -0.378 e. The molecule has 0 atom stereocenters. The molecule has 3 rings (SSSR count). The Hall–Kier alpha value is -1.92. The van der Waals surface area contributed by atoms with Gasteiger partial charge in [0.2, 0.25) is 5.91 Å². The van der Waals surface area contributed by atoms with Crippen LogP contribution in [0.15, 0.2) is 46.9 Å². The molecule has 4 nitrogen and oxygen atoms in total. The molecule has 1 fully saturated rings. The van der Waals surface area contributed by atoms with Gasteiger partial charge in [-0.3, -0.25) is 4.79 Å². The second-order valence-corrected chi connectivity index (χ2v) is 6.53. The number of hydrogen-bond donors (Lipinski definition) is 1. The van der Waals surface area contributed by atoms with Crippen molar-refractivity contribution in [3.05, 3.63) is 58.3 Å². The van der Waals surface area contributed by atoms with Gasteiger partial charge >= 0.3 is 0 Å². The van der Waals surface area contributed by atoms with Gasteiger partial charge in [-0.1, -0.05) is 28.1 Å². The van der Waals surface area contributed by atoms with Gasteiger partial charge in [0.05, 0.1) is 31.0 Å². The normalized spacial score (nSPS) is 14.5. The zero-order valence-corrected chi connectivity index (χ0v) is 14.7. The van der Waals surface area contributed by atoms with Gasteiger partial charge in [-0.05, 0) is 35.9 Å². The lowest BCUT2D eigenvalue weighted by molar-refractivity contribution is -0.115. The molecule has 1 aliphatic heterocycles. The first kappa shape index (κ1) is 16.9. The molecule has 126 valence electrons. The molecule has 24 heavy (non-hydrogen) atoms. The molecule has 2 aromatic carbocycles. The maximum Gasteiger partial charge on any atom is 0.228 e. The summed E-state index contributed by atoms with van der Waals surface area (Å²) in [5.41, 5.74) is 2.36. The van der Waals surface area contributed by atoms with Crippen molar-refractivity contribution in [1.82, 2.24) is 0 Å². The van der Waals surface area contributed by atoms with E-state index in [9.17, 15) is 9.18 Å². The Labute approximate surface area is 148 Å². The Kier molecular flexibility index (Phi) is 5.48. The summed E-state index contributed by atoms with van der Waals surface area (Å²) in [4.78, 5) is 14.5. The van der Waals surface area contributed by atoms with Crippen LogP contribution in [0.4, 0.5) is 15.8 Å². The molecule has 1 aliphatic rings. The molecular formula is C18H18BrFN2O2. The summed E-state index contributed by atoms with van der Waals surface area (Å²) >= 11 is 3.44. The zero-order valence-electron chi connectivity index (χ0n) is 13.1. The predicted molar refractivity (Wildman–Crippen MR) is 95.9 cm³/mol. The molecule has 2 aromatic rings. The first-order chi connectivity index (χ1) is 11.6. The van der Waals surface area contributed by atoms with Crippen LogP contribution in [0, 0.1) is 5.82 Å². The third-order valence-corrected chi connectivity index (χ3v) is 4.33. The largest absolute Gasteiger partial charge is 0.378 e. The fourth-order valence-corrected chi connectivity index (χ4v) is 3.08. The molecule has 0 aromatic heterocycles. The summed E-state index contributed by atoms with van der Waals surface area (Å²) < 4.78 is 19.5. The molecule has 1 amide bonds. The van der Waals surface area contributed by atoms with Gasteiger partial charge in [0.25, 0.3) is 0 Å². The van der Waals surface area contributed by atoms with Crippen LogP contribution >= 0.6 is 15.9 Å². The highest BCUT2D eigenvalue weighted by molar-refractivity contribution is 9.10. The molecule has 0 unspecified atom stereocenters. The van der Waals surface area contributed by atoms with Crippen molar-refractivity contribution < 1.29 is 13.9 Å². The number of carbonyl (C=O) groups excluding carboxylic acids is 1. The zero-order chi connectivity index (χ0) is 16.9. The van der Waals surface area contributed by atoms with E-state index in [1.54, 1.807) is 12.1 Å². The van der Waals surface area contributed by atoms with Crippen molar-refractivity contribution >= 4 is 33.2 Å².